The first-order valence-corrected chi connectivity index (χ1v) is 8.45. The van der Waals surface area contributed by atoms with Crippen molar-refractivity contribution in [3.05, 3.63) is 18.0 Å². The Balaban J connectivity index is 1.58. The molecule has 3 heteroatoms. The van der Waals surface area contributed by atoms with Crippen LogP contribution in [0.15, 0.2) is 12.4 Å². The van der Waals surface area contributed by atoms with E-state index in [9.17, 15) is 0 Å². The molecule has 4 aliphatic rings. The van der Waals surface area contributed by atoms with Crippen LogP contribution in [0.5, 0.6) is 0 Å². The summed E-state index contributed by atoms with van der Waals surface area (Å²) in [5, 5.41) is 4.60. The monoisotopic (exact) mass is 273 g/mol. The molecule has 2 N–H and O–H groups in total. The van der Waals surface area contributed by atoms with Crippen molar-refractivity contribution in [1.29, 1.82) is 0 Å². The third-order valence-corrected chi connectivity index (χ3v) is 6.23. The molecule has 1 aromatic heterocycles. The molecule has 4 aliphatic carbocycles. The fourth-order valence-corrected chi connectivity index (χ4v) is 5.57. The molecular formula is C17H27N3. The maximum atomic E-state index is 6.06. The van der Waals surface area contributed by atoms with Crippen LogP contribution in [-0.2, 0) is 12.0 Å². The normalized spacial score (nSPS) is 40.2. The first-order chi connectivity index (χ1) is 9.67. The summed E-state index contributed by atoms with van der Waals surface area (Å²) in [4.78, 5) is 0. The maximum Gasteiger partial charge on any atom is 0.0560 e. The topological polar surface area (TPSA) is 43.8 Å². The lowest BCUT2D eigenvalue weighted by molar-refractivity contribution is -0.00523. The van der Waals surface area contributed by atoms with Gasteiger partial charge in [0.2, 0.25) is 0 Å². The van der Waals surface area contributed by atoms with Crippen LogP contribution in [-0.4, -0.2) is 15.8 Å². The zero-order valence-corrected chi connectivity index (χ0v) is 12.6. The maximum absolute atomic E-state index is 6.06. The largest absolute Gasteiger partial charge is 0.326 e. The fourth-order valence-electron chi connectivity index (χ4n) is 5.57. The molecule has 0 radical (unpaired) electrons. The highest BCUT2D eigenvalue weighted by Gasteiger charge is 2.51. The Kier molecular flexibility index (Phi) is 2.95. The van der Waals surface area contributed by atoms with E-state index in [4.69, 9.17) is 5.73 Å². The number of aromatic nitrogens is 2. The second-order valence-corrected chi connectivity index (χ2v) is 7.82. The van der Waals surface area contributed by atoms with E-state index in [1.807, 2.05) is 0 Å². The molecule has 0 aromatic carbocycles. The molecule has 1 atom stereocenters. The van der Waals surface area contributed by atoms with Gasteiger partial charge in [0.1, 0.15) is 0 Å². The molecule has 0 spiro atoms. The Bertz CT molecular complexity index is 455. The van der Waals surface area contributed by atoms with Crippen LogP contribution in [0.3, 0.4) is 0 Å². The molecule has 20 heavy (non-hydrogen) atoms. The first-order valence-electron chi connectivity index (χ1n) is 8.45. The Morgan fingerprint density at radius 2 is 1.85 bits per heavy atom. The number of nitrogens with zero attached hydrogens (tertiary/aromatic N) is 2. The summed E-state index contributed by atoms with van der Waals surface area (Å²) >= 11 is 0. The van der Waals surface area contributed by atoms with Crippen LogP contribution in [0, 0.1) is 17.8 Å². The molecule has 0 saturated heterocycles. The second-order valence-electron chi connectivity index (χ2n) is 7.82. The molecule has 1 aromatic rings. The first kappa shape index (κ1) is 12.9. The van der Waals surface area contributed by atoms with Crippen LogP contribution < -0.4 is 5.73 Å². The van der Waals surface area contributed by atoms with E-state index < -0.39 is 0 Å². The van der Waals surface area contributed by atoms with E-state index in [1.54, 1.807) is 0 Å². The number of nitrogens with two attached hydrogens (primary N) is 1. The summed E-state index contributed by atoms with van der Waals surface area (Å²) < 4.78 is 2.09. The molecule has 1 unspecified atom stereocenters. The highest BCUT2D eigenvalue weighted by atomic mass is 15.3. The van der Waals surface area contributed by atoms with E-state index in [1.165, 1.54) is 44.1 Å². The Morgan fingerprint density at radius 1 is 1.25 bits per heavy atom. The van der Waals surface area contributed by atoms with Gasteiger partial charge in [-0.2, -0.15) is 5.10 Å². The van der Waals surface area contributed by atoms with E-state index >= 15 is 0 Å². The van der Waals surface area contributed by atoms with Crippen LogP contribution in [0.2, 0.25) is 0 Å². The Hall–Kier alpha value is -0.830. The van der Waals surface area contributed by atoms with Crippen molar-refractivity contribution in [1.82, 2.24) is 9.78 Å². The molecule has 110 valence electrons. The van der Waals surface area contributed by atoms with E-state index in [0.29, 0.717) is 5.41 Å². The smallest absolute Gasteiger partial charge is 0.0560 e. The van der Waals surface area contributed by atoms with Gasteiger partial charge < -0.3 is 5.73 Å². The summed E-state index contributed by atoms with van der Waals surface area (Å²) in [6, 6.07) is 0.235. The summed E-state index contributed by atoms with van der Waals surface area (Å²) in [5.41, 5.74) is 8.05. The molecule has 1 heterocycles. The Labute approximate surface area is 121 Å². The highest BCUT2D eigenvalue weighted by Crippen LogP contribution is 2.60. The van der Waals surface area contributed by atoms with Crippen molar-refractivity contribution in [2.45, 2.75) is 69.9 Å². The van der Waals surface area contributed by atoms with Crippen LogP contribution in [0.1, 0.15) is 57.4 Å². The van der Waals surface area contributed by atoms with Gasteiger partial charge in [0.05, 0.1) is 12.7 Å². The van der Waals surface area contributed by atoms with E-state index in [-0.39, 0.29) is 6.04 Å². The predicted octanol–water partition coefficient (Wildman–Crippen LogP) is 3.09. The van der Waals surface area contributed by atoms with Gasteiger partial charge in [-0.05, 0) is 73.7 Å². The van der Waals surface area contributed by atoms with Crippen LogP contribution in [0.4, 0.5) is 0 Å². The lowest BCUT2D eigenvalue weighted by Gasteiger charge is -2.56. The fraction of sp³-hybridized carbons (Fsp3) is 0.824. The quantitative estimate of drug-likeness (QED) is 0.916. The molecule has 5 rings (SSSR count). The zero-order valence-electron chi connectivity index (χ0n) is 12.6. The van der Waals surface area contributed by atoms with Gasteiger partial charge in [-0.3, -0.25) is 4.68 Å². The standard InChI is InChI=1S/C17H27N3/c1-2-16(18)11-20-10-15(9-19-20)17-6-12-3-13(7-17)5-14(4-12)8-17/h9-10,12-14,16H,2-8,11,18H2,1H3. The summed E-state index contributed by atoms with van der Waals surface area (Å²) in [6.45, 7) is 3.01. The van der Waals surface area contributed by atoms with Crippen molar-refractivity contribution in [3.63, 3.8) is 0 Å². The average molecular weight is 273 g/mol. The van der Waals surface area contributed by atoms with Crippen molar-refractivity contribution in [2.24, 2.45) is 23.5 Å². The van der Waals surface area contributed by atoms with Crippen molar-refractivity contribution >= 4 is 0 Å². The minimum Gasteiger partial charge on any atom is -0.326 e. The lowest BCUT2D eigenvalue weighted by Crippen LogP contribution is -2.48. The summed E-state index contributed by atoms with van der Waals surface area (Å²) in [6.07, 6.45) is 14.3. The van der Waals surface area contributed by atoms with E-state index in [0.717, 1.165) is 30.7 Å². The molecule has 4 fully saturated rings. The molecule has 4 saturated carbocycles. The van der Waals surface area contributed by atoms with Crippen LogP contribution in [0.25, 0.3) is 0 Å². The van der Waals surface area contributed by atoms with Gasteiger partial charge in [-0.15, -0.1) is 0 Å². The summed E-state index contributed by atoms with van der Waals surface area (Å²) in [7, 11) is 0. The van der Waals surface area contributed by atoms with Gasteiger partial charge >= 0.3 is 0 Å². The van der Waals surface area contributed by atoms with Crippen LogP contribution >= 0.6 is 0 Å². The second kappa shape index (κ2) is 4.59. The molecular weight excluding hydrogens is 246 g/mol. The SMILES string of the molecule is CCC(N)Cn1cc(C23CC4CC(CC(C4)C2)C3)cn1. The van der Waals surface area contributed by atoms with Gasteiger partial charge in [0.15, 0.2) is 0 Å². The summed E-state index contributed by atoms with van der Waals surface area (Å²) in [5.74, 6) is 3.01. The van der Waals surface area contributed by atoms with Crippen molar-refractivity contribution < 1.29 is 0 Å². The van der Waals surface area contributed by atoms with Crippen molar-refractivity contribution in [3.8, 4) is 0 Å². The lowest BCUT2D eigenvalue weighted by atomic mass is 9.48. The van der Waals surface area contributed by atoms with E-state index in [2.05, 4.69) is 29.1 Å². The van der Waals surface area contributed by atoms with Gasteiger partial charge in [0, 0.05) is 12.2 Å². The molecule has 3 nitrogen and oxygen atoms in total. The minimum atomic E-state index is 0.235. The zero-order chi connectivity index (χ0) is 13.7. The van der Waals surface area contributed by atoms with Gasteiger partial charge in [0.25, 0.3) is 0 Å². The van der Waals surface area contributed by atoms with Gasteiger partial charge in [-0.25, -0.2) is 0 Å². The number of hydrogen-bond donors (Lipinski definition) is 1. The molecule has 0 aliphatic heterocycles. The number of rotatable bonds is 4. The molecule has 0 amide bonds. The average Bonchev–Trinajstić information content (AvgIpc) is 2.86. The third-order valence-electron chi connectivity index (χ3n) is 6.23. The molecule has 4 bridgehead atoms. The minimum absolute atomic E-state index is 0.235. The van der Waals surface area contributed by atoms with Crippen molar-refractivity contribution in [2.75, 3.05) is 0 Å². The Morgan fingerprint density at radius 3 is 2.40 bits per heavy atom. The number of hydrogen-bond acceptors (Lipinski definition) is 2. The third kappa shape index (κ3) is 2.02. The predicted molar refractivity (Wildman–Crippen MR) is 80.3 cm³/mol. The van der Waals surface area contributed by atoms with Gasteiger partial charge in [-0.1, -0.05) is 6.92 Å². The highest BCUT2D eigenvalue weighted by molar-refractivity contribution is 5.25.